The lowest BCUT2D eigenvalue weighted by Gasteiger charge is -2.34. The molecule has 4 nitrogen and oxygen atoms in total. The van der Waals surface area contributed by atoms with E-state index in [0.29, 0.717) is 12.1 Å². The van der Waals surface area contributed by atoms with Crippen LogP contribution in [0.2, 0.25) is 0 Å². The second-order valence-corrected chi connectivity index (χ2v) is 6.94. The zero-order valence-corrected chi connectivity index (χ0v) is 12.0. The highest BCUT2D eigenvalue weighted by Crippen LogP contribution is 2.67. The summed E-state index contributed by atoms with van der Waals surface area (Å²) < 4.78 is 27.7. The number of aliphatic imine (C=N–C) groups is 1. The molecule has 0 amide bonds. The first-order valence-corrected chi connectivity index (χ1v) is 7.32. The van der Waals surface area contributed by atoms with E-state index in [9.17, 15) is 8.78 Å². The average molecular weight is 308 g/mol. The van der Waals surface area contributed by atoms with Crippen molar-refractivity contribution in [2.45, 2.75) is 23.1 Å². The molecule has 21 heavy (non-hydrogen) atoms. The lowest BCUT2D eigenvalue weighted by atomic mass is 9.84. The van der Waals surface area contributed by atoms with Crippen LogP contribution in [0.5, 0.6) is 0 Å². The van der Waals surface area contributed by atoms with Crippen molar-refractivity contribution < 1.29 is 8.78 Å². The van der Waals surface area contributed by atoms with E-state index in [0.717, 1.165) is 0 Å². The molecule has 1 aromatic rings. The van der Waals surface area contributed by atoms with Gasteiger partial charge < -0.3 is 11.5 Å². The van der Waals surface area contributed by atoms with Gasteiger partial charge in [0, 0.05) is 21.9 Å². The molecule has 1 heterocycles. The Bertz CT molecular complexity index is 671. The number of nitrogen functional groups attached to an aromatic ring is 1. The molecule has 1 aliphatic carbocycles. The molecule has 0 spiro atoms. The lowest BCUT2D eigenvalue weighted by molar-refractivity contribution is 0.264. The van der Waals surface area contributed by atoms with Crippen molar-refractivity contribution >= 4 is 22.6 Å². The van der Waals surface area contributed by atoms with Crippen LogP contribution in [0.25, 0.3) is 0 Å². The maximum absolute atomic E-state index is 14.2. The Hall–Kier alpha value is -1.81. The van der Waals surface area contributed by atoms with Crippen LogP contribution in [0.3, 0.4) is 0 Å². The summed E-state index contributed by atoms with van der Waals surface area (Å²) in [6.45, 7) is -0.869. The molecule has 3 rings (SSSR count). The molecule has 0 radical (unpaired) electrons. The van der Waals surface area contributed by atoms with E-state index >= 15 is 0 Å². The van der Waals surface area contributed by atoms with Crippen molar-refractivity contribution in [3.8, 4) is 6.07 Å². The topological polar surface area (TPSA) is 88.2 Å². The Kier molecular flexibility index (Phi) is 3.10. The summed E-state index contributed by atoms with van der Waals surface area (Å²) >= 11 is 1.29. The molecular formula is C14H14F2N4S. The summed E-state index contributed by atoms with van der Waals surface area (Å²) in [4.78, 5) is 4.23. The third-order valence-corrected chi connectivity index (χ3v) is 5.56. The molecule has 1 saturated carbocycles. The number of alkyl halides is 1. The molecule has 2 aliphatic rings. The van der Waals surface area contributed by atoms with Gasteiger partial charge in [-0.25, -0.2) is 13.8 Å². The zero-order chi connectivity index (χ0) is 15.3. The van der Waals surface area contributed by atoms with Crippen molar-refractivity contribution in [3.05, 3.63) is 29.6 Å². The highest BCUT2D eigenvalue weighted by Gasteiger charge is 2.68. The van der Waals surface area contributed by atoms with Crippen LogP contribution in [0.1, 0.15) is 18.4 Å². The van der Waals surface area contributed by atoms with E-state index in [-0.39, 0.29) is 23.1 Å². The maximum Gasteiger partial charge on any atom is 0.155 e. The minimum Gasteiger partial charge on any atom is -0.399 e. The van der Waals surface area contributed by atoms with Crippen molar-refractivity contribution in [1.82, 2.24) is 0 Å². The first kappa shape index (κ1) is 14.1. The van der Waals surface area contributed by atoms with Gasteiger partial charge in [-0.2, -0.15) is 5.26 Å². The van der Waals surface area contributed by atoms with Crippen LogP contribution in [0.15, 0.2) is 23.2 Å². The molecular weight excluding hydrogens is 294 g/mol. The Balaban J connectivity index is 2.15. The minimum atomic E-state index is -1.37. The van der Waals surface area contributed by atoms with Gasteiger partial charge in [-0.1, -0.05) is 11.8 Å². The molecule has 0 aromatic heterocycles. The summed E-state index contributed by atoms with van der Waals surface area (Å²) in [6.07, 6.45) is 0.831. The summed E-state index contributed by atoms with van der Waals surface area (Å²) in [7, 11) is 0. The van der Waals surface area contributed by atoms with E-state index in [1.807, 2.05) is 0 Å². The minimum absolute atomic E-state index is 0.123. The van der Waals surface area contributed by atoms with Crippen LogP contribution >= 0.6 is 11.8 Å². The molecule has 7 heteroatoms. The molecule has 1 fully saturated rings. The standard InChI is InChI=1S/C14H14F2N4S/c15-7-14(9-5-8(18)1-2-10(9)16)11-6-13(11,3-4-17)21-12(19)20-14/h1-2,5,11H,3,6-7,18H2,(H2,19,20)/t11-,13+,14-/m1/s1. The van der Waals surface area contributed by atoms with Crippen molar-refractivity contribution in [2.24, 2.45) is 16.6 Å². The number of hydrogen-bond acceptors (Lipinski definition) is 5. The predicted molar refractivity (Wildman–Crippen MR) is 78.7 cm³/mol. The van der Waals surface area contributed by atoms with Crippen molar-refractivity contribution in [3.63, 3.8) is 0 Å². The van der Waals surface area contributed by atoms with Crippen LogP contribution in [-0.4, -0.2) is 16.6 Å². The van der Waals surface area contributed by atoms with E-state index in [1.165, 1.54) is 30.0 Å². The SMILES string of the molecule is N#CC[C@]12C[C@H]1[C@@](CF)(c1cc(N)ccc1F)N=C(N)S2. The summed E-state index contributed by atoms with van der Waals surface area (Å²) in [5.41, 5.74) is 10.6. The van der Waals surface area contributed by atoms with E-state index in [2.05, 4.69) is 11.1 Å². The predicted octanol–water partition coefficient (Wildman–Crippen LogP) is 2.31. The first-order valence-electron chi connectivity index (χ1n) is 6.50. The van der Waals surface area contributed by atoms with Crippen LogP contribution in [0, 0.1) is 23.1 Å². The van der Waals surface area contributed by atoms with Gasteiger partial charge in [0.25, 0.3) is 0 Å². The number of rotatable bonds is 3. The van der Waals surface area contributed by atoms with Gasteiger partial charge in [0.2, 0.25) is 0 Å². The molecule has 1 aliphatic heterocycles. The van der Waals surface area contributed by atoms with Crippen LogP contribution in [-0.2, 0) is 5.54 Å². The third kappa shape index (κ3) is 1.97. The number of hydrogen-bond donors (Lipinski definition) is 2. The van der Waals surface area contributed by atoms with E-state index in [4.69, 9.17) is 16.7 Å². The van der Waals surface area contributed by atoms with Gasteiger partial charge in [-0.15, -0.1) is 0 Å². The van der Waals surface area contributed by atoms with Crippen LogP contribution < -0.4 is 11.5 Å². The van der Waals surface area contributed by atoms with Gasteiger partial charge in [0.15, 0.2) is 5.17 Å². The van der Waals surface area contributed by atoms with Crippen LogP contribution in [0.4, 0.5) is 14.5 Å². The number of nitriles is 1. The fraction of sp³-hybridized carbons (Fsp3) is 0.429. The number of nitrogens with zero attached hydrogens (tertiary/aromatic N) is 2. The monoisotopic (exact) mass is 308 g/mol. The Morgan fingerprint density at radius 2 is 2.24 bits per heavy atom. The Labute approximate surface area is 125 Å². The summed E-state index contributed by atoms with van der Waals surface area (Å²) in [5, 5.41) is 9.17. The number of nitrogens with two attached hydrogens (primary N) is 2. The maximum atomic E-state index is 14.2. The van der Waals surface area contributed by atoms with Gasteiger partial charge in [0.05, 0.1) is 12.5 Å². The number of anilines is 1. The van der Waals surface area contributed by atoms with Gasteiger partial charge in [-0.05, 0) is 24.6 Å². The first-order chi connectivity index (χ1) is 9.97. The fourth-order valence-electron chi connectivity index (χ4n) is 3.19. The highest BCUT2D eigenvalue weighted by molar-refractivity contribution is 8.15. The molecule has 3 atom stereocenters. The Morgan fingerprint density at radius 3 is 2.90 bits per heavy atom. The van der Waals surface area contributed by atoms with E-state index < -0.39 is 22.8 Å². The normalized spacial score (nSPS) is 33.8. The molecule has 0 saturated heterocycles. The second kappa shape index (κ2) is 4.60. The average Bonchev–Trinajstić information content (AvgIpc) is 3.15. The van der Waals surface area contributed by atoms with Gasteiger partial charge in [-0.3, -0.25) is 0 Å². The van der Waals surface area contributed by atoms with E-state index in [1.54, 1.807) is 0 Å². The zero-order valence-electron chi connectivity index (χ0n) is 11.1. The summed E-state index contributed by atoms with van der Waals surface area (Å²) in [5.74, 6) is -0.800. The fourth-order valence-corrected chi connectivity index (χ4v) is 4.54. The van der Waals surface area contributed by atoms with Crippen molar-refractivity contribution in [2.75, 3.05) is 12.4 Å². The largest absolute Gasteiger partial charge is 0.399 e. The molecule has 4 N–H and O–H groups in total. The molecule has 1 aromatic carbocycles. The second-order valence-electron chi connectivity index (χ2n) is 5.51. The molecule has 0 bridgehead atoms. The quantitative estimate of drug-likeness (QED) is 0.839. The van der Waals surface area contributed by atoms with Gasteiger partial charge >= 0.3 is 0 Å². The number of benzene rings is 1. The smallest absolute Gasteiger partial charge is 0.155 e. The Morgan fingerprint density at radius 1 is 1.48 bits per heavy atom. The number of thioether (sulfide) groups is 1. The number of amidine groups is 1. The van der Waals surface area contributed by atoms with Gasteiger partial charge in [0.1, 0.15) is 18.0 Å². The highest BCUT2D eigenvalue weighted by atomic mass is 32.2. The van der Waals surface area contributed by atoms with Crippen molar-refractivity contribution in [1.29, 1.82) is 5.26 Å². The molecule has 0 unspecified atom stereocenters. The summed E-state index contributed by atoms with van der Waals surface area (Å²) in [6, 6.07) is 6.15. The number of halogens is 2. The number of fused-ring (bicyclic) bond motifs is 1. The third-order valence-electron chi connectivity index (χ3n) is 4.26. The molecule has 110 valence electrons. The lowest BCUT2D eigenvalue weighted by Crippen LogP contribution is -2.40.